The second-order valence-corrected chi connectivity index (χ2v) is 8.89. The normalized spacial score (nSPS) is 15.0. The third kappa shape index (κ3) is 4.57. The molecule has 0 bridgehead atoms. The summed E-state index contributed by atoms with van der Waals surface area (Å²) >= 11 is 6.44. The van der Waals surface area contributed by atoms with Gasteiger partial charge >= 0.3 is 0 Å². The highest BCUT2D eigenvalue weighted by atomic mass is 32.2. The average Bonchev–Trinajstić information content (AvgIpc) is 3.13. The van der Waals surface area contributed by atoms with E-state index in [0.29, 0.717) is 22.0 Å². The van der Waals surface area contributed by atoms with Crippen LogP contribution in [-0.4, -0.2) is 35.1 Å². The van der Waals surface area contributed by atoms with Crippen molar-refractivity contribution in [2.75, 3.05) is 14.2 Å². The number of rotatable bonds is 6. The van der Waals surface area contributed by atoms with Crippen LogP contribution in [0.25, 0.3) is 16.8 Å². The first-order chi connectivity index (χ1) is 16.4. The van der Waals surface area contributed by atoms with E-state index < -0.39 is 11.7 Å². The van der Waals surface area contributed by atoms with E-state index in [4.69, 9.17) is 21.7 Å². The van der Waals surface area contributed by atoms with Crippen molar-refractivity contribution >= 4 is 56.8 Å². The second kappa shape index (κ2) is 9.91. The van der Waals surface area contributed by atoms with Gasteiger partial charge in [-0.3, -0.25) is 14.5 Å². The lowest BCUT2D eigenvalue weighted by molar-refractivity contribution is -0.120. The highest BCUT2D eigenvalue weighted by Gasteiger charge is 2.32. The summed E-state index contributed by atoms with van der Waals surface area (Å²) in [6.45, 7) is 0. The molecule has 168 valence electrons. The van der Waals surface area contributed by atoms with Gasteiger partial charge in [-0.25, -0.2) is 0 Å². The molecule has 34 heavy (non-hydrogen) atoms. The Morgan fingerprint density at radius 2 is 1.76 bits per heavy atom. The van der Waals surface area contributed by atoms with Crippen LogP contribution in [0, 0.1) is 11.3 Å². The average molecular weight is 487 g/mol. The van der Waals surface area contributed by atoms with Crippen molar-refractivity contribution in [3.63, 3.8) is 0 Å². The van der Waals surface area contributed by atoms with Crippen molar-refractivity contribution in [3.05, 3.63) is 88.5 Å². The zero-order valence-corrected chi connectivity index (χ0v) is 19.9. The van der Waals surface area contributed by atoms with Crippen LogP contribution in [0.5, 0.6) is 11.5 Å². The number of Topliss-reactive ketones (excluding diaryl/α,β-unsaturated/α-hetero) is 1. The number of ketones is 1. The molecule has 0 atom stereocenters. The summed E-state index contributed by atoms with van der Waals surface area (Å²) in [7, 11) is 3.07. The number of amides is 1. The number of hydrogen-bond donors (Lipinski definition) is 0. The SMILES string of the molecule is COc1ccc(/C=C2/SC(=S)N(/C=C(/C#N)C(=O)c3ccc4ccccc4c3)C2=O)cc1OC. The molecule has 3 aromatic rings. The number of hydrogen-bond acceptors (Lipinski definition) is 7. The Morgan fingerprint density at radius 1 is 1.03 bits per heavy atom. The smallest absolute Gasteiger partial charge is 0.270 e. The number of methoxy groups -OCH3 is 2. The van der Waals surface area contributed by atoms with Gasteiger partial charge in [0.1, 0.15) is 11.6 Å². The fraction of sp³-hybridized carbons (Fsp3) is 0.0769. The van der Waals surface area contributed by atoms with Gasteiger partial charge in [0.15, 0.2) is 15.8 Å². The zero-order chi connectivity index (χ0) is 24.2. The maximum atomic E-state index is 13.0. The summed E-state index contributed by atoms with van der Waals surface area (Å²) in [4.78, 5) is 27.5. The van der Waals surface area contributed by atoms with E-state index >= 15 is 0 Å². The number of ether oxygens (including phenoxy) is 2. The minimum Gasteiger partial charge on any atom is -0.493 e. The monoisotopic (exact) mass is 486 g/mol. The molecule has 0 radical (unpaired) electrons. The van der Waals surface area contributed by atoms with Gasteiger partial charge in [0.25, 0.3) is 5.91 Å². The number of carbonyl (C=O) groups excluding carboxylic acids is 2. The molecule has 1 amide bonds. The number of fused-ring (bicyclic) bond motifs is 1. The van der Waals surface area contributed by atoms with E-state index in [1.54, 1.807) is 43.5 Å². The van der Waals surface area contributed by atoms with Crippen molar-refractivity contribution < 1.29 is 19.1 Å². The fourth-order valence-electron chi connectivity index (χ4n) is 3.44. The Kier molecular flexibility index (Phi) is 6.77. The number of nitriles is 1. The summed E-state index contributed by atoms with van der Waals surface area (Å²) in [6.07, 6.45) is 2.89. The highest BCUT2D eigenvalue weighted by Crippen LogP contribution is 2.35. The summed E-state index contributed by atoms with van der Waals surface area (Å²) in [6, 6.07) is 20.0. The van der Waals surface area contributed by atoms with E-state index in [1.807, 2.05) is 36.4 Å². The Hall–Kier alpha value is -3.93. The van der Waals surface area contributed by atoms with Crippen LogP contribution in [0.1, 0.15) is 15.9 Å². The van der Waals surface area contributed by atoms with Gasteiger partial charge in [-0.15, -0.1) is 0 Å². The van der Waals surface area contributed by atoms with Gasteiger partial charge in [0.05, 0.1) is 19.1 Å². The van der Waals surface area contributed by atoms with Crippen LogP contribution in [0.15, 0.2) is 77.3 Å². The van der Waals surface area contributed by atoms with Crippen molar-refractivity contribution in [1.82, 2.24) is 4.90 Å². The third-order valence-corrected chi connectivity index (χ3v) is 6.49. The molecule has 3 aromatic carbocycles. The summed E-state index contributed by atoms with van der Waals surface area (Å²) in [5.41, 5.74) is 0.895. The number of allylic oxidation sites excluding steroid dienone is 1. The molecule has 4 rings (SSSR count). The molecular formula is C26H18N2O4S2. The van der Waals surface area contributed by atoms with Crippen molar-refractivity contribution in [2.45, 2.75) is 0 Å². The first kappa shape index (κ1) is 23.2. The molecule has 1 heterocycles. The van der Waals surface area contributed by atoms with E-state index in [2.05, 4.69) is 0 Å². The first-order valence-corrected chi connectivity index (χ1v) is 11.3. The van der Waals surface area contributed by atoms with E-state index in [1.165, 1.54) is 13.3 Å². The topological polar surface area (TPSA) is 79.6 Å². The van der Waals surface area contributed by atoms with Crippen molar-refractivity contribution in [3.8, 4) is 17.6 Å². The largest absolute Gasteiger partial charge is 0.493 e. The van der Waals surface area contributed by atoms with E-state index in [-0.39, 0.29) is 9.89 Å². The summed E-state index contributed by atoms with van der Waals surface area (Å²) in [5.74, 6) is 0.204. The predicted octanol–water partition coefficient (Wildman–Crippen LogP) is 5.35. The quantitative estimate of drug-likeness (QED) is 0.201. The van der Waals surface area contributed by atoms with Crippen LogP contribution in [0.3, 0.4) is 0 Å². The lowest BCUT2D eigenvalue weighted by Crippen LogP contribution is -2.23. The van der Waals surface area contributed by atoms with Gasteiger partial charge in [-0.2, -0.15) is 5.26 Å². The molecule has 0 unspecified atom stereocenters. The Labute approximate surface area is 206 Å². The standard InChI is InChI=1S/C26H18N2O4S2/c1-31-21-10-7-16(11-22(21)32-2)12-23-25(30)28(26(33)34-23)15-20(14-27)24(29)19-9-8-17-5-3-4-6-18(17)13-19/h3-13,15H,1-2H3/b20-15-,23-12+. The molecule has 0 aliphatic carbocycles. The molecule has 1 fully saturated rings. The summed E-state index contributed by atoms with van der Waals surface area (Å²) in [5, 5.41) is 11.5. The van der Waals surface area contributed by atoms with Gasteiger partial charge in [-0.05, 0) is 40.6 Å². The van der Waals surface area contributed by atoms with Gasteiger partial charge in [-0.1, -0.05) is 66.4 Å². The van der Waals surface area contributed by atoms with Crippen LogP contribution >= 0.6 is 24.0 Å². The fourth-order valence-corrected chi connectivity index (χ4v) is 4.65. The maximum absolute atomic E-state index is 13.0. The molecule has 0 spiro atoms. The van der Waals surface area contributed by atoms with Gasteiger partial charge in [0.2, 0.25) is 5.78 Å². The minimum atomic E-state index is -0.480. The number of thiocarbonyl (C=S) groups is 1. The second-order valence-electron chi connectivity index (χ2n) is 7.21. The van der Waals surface area contributed by atoms with Crippen LogP contribution in [0.2, 0.25) is 0 Å². The van der Waals surface area contributed by atoms with E-state index in [0.717, 1.165) is 33.0 Å². The molecule has 1 aliphatic heterocycles. The molecule has 0 saturated carbocycles. The molecule has 6 nitrogen and oxygen atoms in total. The van der Waals surface area contributed by atoms with Crippen LogP contribution in [0.4, 0.5) is 0 Å². The van der Waals surface area contributed by atoms with Crippen LogP contribution in [-0.2, 0) is 4.79 Å². The van der Waals surface area contributed by atoms with Gasteiger partial charge < -0.3 is 9.47 Å². The van der Waals surface area contributed by atoms with Crippen molar-refractivity contribution in [1.29, 1.82) is 5.26 Å². The molecule has 0 N–H and O–H groups in total. The summed E-state index contributed by atoms with van der Waals surface area (Å²) < 4.78 is 10.8. The van der Waals surface area contributed by atoms with Gasteiger partial charge in [0, 0.05) is 11.8 Å². The molecule has 8 heteroatoms. The number of thioether (sulfide) groups is 1. The molecule has 1 aliphatic rings. The lowest BCUT2D eigenvalue weighted by atomic mass is 10.0. The number of benzene rings is 3. The Bertz CT molecular complexity index is 1440. The lowest BCUT2D eigenvalue weighted by Gasteiger charge is -2.10. The van der Waals surface area contributed by atoms with Crippen molar-refractivity contribution in [2.24, 2.45) is 0 Å². The highest BCUT2D eigenvalue weighted by molar-refractivity contribution is 8.26. The molecule has 1 saturated heterocycles. The number of nitrogens with zero attached hydrogens (tertiary/aromatic N) is 2. The molecular weight excluding hydrogens is 468 g/mol. The third-order valence-electron chi connectivity index (χ3n) is 5.16. The van der Waals surface area contributed by atoms with E-state index in [9.17, 15) is 14.9 Å². The minimum absolute atomic E-state index is 0.182. The number of carbonyl (C=O) groups is 2. The predicted molar refractivity (Wildman–Crippen MR) is 137 cm³/mol. The maximum Gasteiger partial charge on any atom is 0.270 e. The van der Waals surface area contributed by atoms with Crippen LogP contribution < -0.4 is 9.47 Å². The Balaban J connectivity index is 1.62. The zero-order valence-electron chi connectivity index (χ0n) is 18.3. The first-order valence-electron chi connectivity index (χ1n) is 10.1. The molecule has 0 aromatic heterocycles. The Morgan fingerprint density at radius 3 is 2.47 bits per heavy atom.